The van der Waals surface area contributed by atoms with Gasteiger partial charge in [-0.1, -0.05) is 30.3 Å². The Balaban J connectivity index is 1.59. The number of fused-ring (bicyclic) bond motifs is 2. The predicted octanol–water partition coefficient (Wildman–Crippen LogP) is 3.39. The van der Waals surface area contributed by atoms with Crippen LogP contribution in [0.15, 0.2) is 47.5 Å². The van der Waals surface area contributed by atoms with Crippen LogP contribution in [0.3, 0.4) is 0 Å². The highest BCUT2D eigenvalue weighted by Gasteiger charge is 2.21. The van der Waals surface area contributed by atoms with Gasteiger partial charge in [0.05, 0.1) is 0 Å². The van der Waals surface area contributed by atoms with Crippen molar-refractivity contribution in [2.45, 2.75) is 19.3 Å². The van der Waals surface area contributed by atoms with Gasteiger partial charge in [0, 0.05) is 17.8 Å². The summed E-state index contributed by atoms with van der Waals surface area (Å²) in [4.78, 5) is 4.73. The smallest absolute Gasteiger partial charge is 0.231 e. The third-order valence-corrected chi connectivity index (χ3v) is 4.09. The number of benzene rings is 2. The van der Waals surface area contributed by atoms with Crippen molar-refractivity contribution >= 4 is 5.71 Å². The minimum absolute atomic E-state index is 0.328. The van der Waals surface area contributed by atoms with E-state index in [1.54, 1.807) is 0 Å². The van der Waals surface area contributed by atoms with Gasteiger partial charge < -0.3 is 9.47 Å². The van der Waals surface area contributed by atoms with Crippen molar-refractivity contribution in [1.82, 2.24) is 0 Å². The standard InChI is InChI=1S/C18H17NO2/c1-2-4-13(5-3-1)6-7-16-15-11-18-17(20-12-21-18)10-14(15)8-9-19-16/h1-5,10-11H,6-9,12H2. The van der Waals surface area contributed by atoms with E-state index in [1.165, 1.54) is 22.4 Å². The maximum atomic E-state index is 5.50. The fraction of sp³-hybridized carbons (Fsp3) is 0.278. The molecular weight excluding hydrogens is 262 g/mol. The van der Waals surface area contributed by atoms with Gasteiger partial charge in [-0.25, -0.2) is 0 Å². The molecule has 0 aliphatic carbocycles. The fourth-order valence-corrected chi connectivity index (χ4v) is 2.98. The molecule has 0 unspecified atom stereocenters. The van der Waals surface area contributed by atoms with Gasteiger partial charge in [0.25, 0.3) is 0 Å². The molecule has 3 heteroatoms. The van der Waals surface area contributed by atoms with Gasteiger partial charge in [0.15, 0.2) is 11.5 Å². The number of hydrogen-bond acceptors (Lipinski definition) is 3. The molecule has 21 heavy (non-hydrogen) atoms. The molecule has 0 aromatic heterocycles. The van der Waals surface area contributed by atoms with Crippen LogP contribution in [0, 0.1) is 0 Å². The summed E-state index contributed by atoms with van der Waals surface area (Å²) in [7, 11) is 0. The molecular formula is C18H17NO2. The monoisotopic (exact) mass is 279 g/mol. The fourth-order valence-electron chi connectivity index (χ4n) is 2.98. The summed E-state index contributed by atoms with van der Waals surface area (Å²) in [5, 5.41) is 0. The Morgan fingerprint density at radius 2 is 1.76 bits per heavy atom. The highest BCUT2D eigenvalue weighted by Crippen LogP contribution is 2.36. The molecule has 4 rings (SSSR count). The van der Waals surface area contributed by atoms with Crippen LogP contribution in [0.4, 0.5) is 0 Å². The molecule has 2 aliphatic heterocycles. The van der Waals surface area contributed by atoms with Crippen molar-refractivity contribution in [1.29, 1.82) is 0 Å². The third kappa shape index (κ3) is 2.40. The molecule has 0 radical (unpaired) electrons. The highest BCUT2D eigenvalue weighted by atomic mass is 16.7. The second-order valence-corrected chi connectivity index (χ2v) is 5.43. The van der Waals surface area contributed by atoms with Crippen molar-refractivity contribution in [3.8, 4) is 11.5 Å². The first-order valence-corrected chi connectivity index (χ1v) is 7.40. The Labute approximate surface area is 124 Å². The molecule has 0 bridgehead atoms. The number of hydrogen-bond donors (Lipinski definition) is 0. The molecule has 0 saturated carbocycles. The average molecular weight is 279 g/mol. The van der Waals surface area contributed by atoms with Crippen molar-refractivity contribution < 1.29 is 9.47 Å². The number of aryl methyl sites for hydroxylation is 1. The van der Waals surface area contributed by atoms with Crippen molar-refractivity contribution in [3.63, 3.8) is 0 Å². The quantitative estimate of drug-likeness (QED) is 0.862. The van der Waals surface area contributed by atoms with Gasteiger partial charge >= 0.3 is 0 Å². The van der Waals surface area contributed by atoms with Gasteiger partial charge in [-0.2, -0.15) is 0 Å². The van der Waals surface area contributed by atoms with Gasteiger partial charge in [0.2, 0.25) is 6.79 Å². The minimum Gasteiger partial charge on any atom is -0.454 e. The van der Waals surface area contributed by atoms with Crippen LogP contribution in [-0.2, 0) is 12.8 Å². The van der Waals surface area contributed by atoms with Gasteiger partial charge in [-0.3, -0.25) is 4.99 Å². The van der Waals surface area contributed by atoms with E-state index >= 15 is 0 Å². The topological polar surface area (TPSA) is 30.8 Å². The molecule has 2 aromatic carbocycles. The van der Waals surface area contributed by atoms with Gasteiger partial charge in [0.1, 0.15) is 0 Å². The van der Waals surface area contributed by atoms with Crippen molar-refractivity contribution in [2.75, 3.05) is 13.3 Å². The lowest BCUT2D eigenvalue weighted by atomic mass is 9.93. The number of nitrogens with zero attached hydrogens (tertiary/aromatic N) is 1. The van der Waals surface area contributed by atoms with E-state index in [1.807, 2.05) is 0 Å². The van der Waals surface area contributed by atoms with Crippen molar-refractivity contribution in [2.24, 2.45) is 4.99 Å². The Morgan fingerprint density at radius 3 is 2.62 bits per heavy atom. The maximum Gasteiger partial charge on any atom is 0.231 e. The summed E-state index contributed by atoms with van der Waals surface area (Å²) >= 11 is 0. The van der Waals surface area contributed by atoms with Crippen LogP contribution in [0.1, 0.15) is 23.1 Å². The van der Waals surface area contributed by atoms with E-state index in [-0.39, 0.29) is 0 Å². The predicted molar refractivity (Wildman–Crippen MR) is 82.4 cm³/mol. The largest absolute Gasteiger partial charge is 0.454 e. The van der Waals surface area contributed by atoms with Crippen LogP contribution in [-0.4, -0.2) is 19.0 Å². The van der Waals surface area contributed by atoms with Gasteiger partial charge in [-0.15, -0.1) is 0 Å². The molecule has 0 atom stereocenters. The second-order valence-electron chi connectivity index (χ2n) is 5.43. The molecule has 3 nitrogen and oxygen atoms in total. The van der Waals surface area contributed by atoms with E-state index in [4.69, 9.17) is 14.5 Å². The molecule has 106 valence electrons. The number of rotatable bonds is 3. The first-order chi connectivity index (χ1) is 10.4. The molecule has 0 saturated heterocycles. The Kier molecular flexibility index (Phi) is 3.11. The first-order valence-electron chi connectivity index (χ1n) is 7.40. The number of aliphatic imine (C=N–C) groups is 1. The van der Waals surface area contributed by atoms with Crippen LogP contribution in [0.25, 0.3) is 0 Å². The van der Waals surface area contributed by atoms with E-state index in [2.05, 4.69) is 42.5 Å². The van der Waals surface area contributed by atoms with Gasteiger partial charge in [-0.05, 0) is 42.5 Å². The normalized spacial score (nSPS) is 15.5. The third-order valence-electron chi connectivity index (χ3n) is 4.09. The minimum atomic E-state index is 0.328. The lowest BCUT2D eigenvalue weighted by molar-refractivity contribution is 0.174. The van der Waals surface area contributed by atoms with Crippen molar-refractivity contribution in [3.05, 3.63) is 59.2 Å². The first kappa shape index (κ1) is 12.5. The zero-order valence-electron chi connectivity index (χ0n) is 11.8. The summed E-state index contributed by atoms with van der Waals surface area (Å²) < 4.78 is 11.0. The summed E-state index contributed by atoms with van der Waals surface area (Å²) in [6.45, 7) is 1.20. The second kappa shape index (κ2) is 5.24. The van der Waals surface area contributed by atoms with Crippen LogP contribution >= 0.6 is 0 Å². The van der Waals surface area contributed by atoms with E-state index in [9.17, 15) is 0 Å². The molecule has 2 heterocycles. The molecule has 0 N–H and O–H groups in total. The zero-order chi connectivity index (χ0) is 14.1. The Bertz CT molecular complexity index is 692. The van der Waals surface area contributed by atoms with E-state index < -0.39 is 0 Å². The summed E-state index contributed by atoms with van der Waals surface area (Å²) in [5.74, 6) is 1.72. The number of ether oxygens (including phenoxy) is 2. The van der Waals surface area contributed by atoms with Crippen LogP contribution in [0.5, 0.6) is 11.5 Å². The zero-order valence-corrected chi connectivity index (χ0v) is 11.8. The average Bonchev–Trinajstić information content (AvgIpc) is 2.99. The molecule has 0 fully saturated rings. The molecule has 0 spiro atoms. The summed E-state index contributed by atoms with van der Waals surface area (Å²) in [6.07, 6.45) is 2.98. The maximum absolute atomic E-state index is 5.50. The highest BCUT2D eigenvalue weighted by molar-refractivity contribution is 6.03. The molecule has 2 aromatic rings. The van der Waals surface area contributed by atoms with Crippen LogP contribution < -0.4 is 9.47 Å². The lowest BCUT2D eigenvalue weighted by Gasteiger charge is -2.17. The van der Waals surface area contributed by atoms with Crippen LogP contribution in [0.2, 0.25) is 0 Å². The molecule has 2 aliphatic rings. The summed E-state index contributed by atoms with van der Waals surface area (Å²) in [5.41, 5.74) is 5.12. The van der Waals surface area contributed by atoms with E-state index in [0.717, 1.165) is 37.3 Å². The lowest BCUT2D eigenvalue weighted by Crippen LogP contribution is -2.13. The Hall–Kier alpha value is -2.29. The SMILES string of the molecule is c1ccc(CCC2=NCCc3cc4c(cc32)OCO4)cc1. The Morgan fingerprint density at radius 1 is 0.952 bits per heavy atom. The summed E-state index contributed by atoms with van der Waals surface area (Å²) in [6, 6.07) is 14.8. The molecule has 0 amide bonds. The van der Waals surface area contributed by atoms with E-state index in [0.29, 0.717) is 6.79 Å².